The van der Waals surface area contributed by atoms with Gasteiger partial charge in [-0.3, -0.25) is 4.79 Å². The quantitative estimate of drug-likeness (QED) is 0.560. The Balaban J connectivity index is 0. The standard InChI is InChI=1S/C9H16OSi.C2H4O2/c1-11(2,3)9-7-5-4-6-8-10;1-2(3)4/h4-5,10H,6,8H2,1-3H3;1H3,(H,3,4). The molecule has 0 aliphatic rings. The Kier molecular flexibility index (Phi) is 10.4. The molecule has 0 heterocycles. The molecule has 2 N–H and O–H groups in total. The van der Waals surface area contributed by atoms with E-state index in [1.807, 2.05) is 12.2 Å². The van der Waals surface area contributed by atoms with E-state index in [1.165, 1.54) is 0 Å². The molecule has 0 saturated carbocycles. The van der Waals surface area contributed by atoms with E-state index in [0.29, 0.717) is 6.42 Å². The minimum Gasteiger partial charge on any atom is -0.481 e. The van der Waals surface area contributed by atoms with Gasteiger partial charge in [-0.1, -0.05) is 31.6 Å². The van der Waals surface area contributed by atoms with Crippen molar-refractivity contribution in [2.45, 2.75) is 33.0 Å². The zero-order valence-corrected chi connectivity index (χ0v) is 10.9. The Morgan fingerprint density at radius 3 is 2.20 bits per heavy atom. The molecule has 4 heteroatoms. The van der Waals surface area contributed by atoms with Gasteiger partial charge in [0.2, 0.25) is 0 Å². The minimum atomic E-state index is -1.19. The molecule has 0 radical (unpaired) electrons. The second kappa shape index (κ2) is 9.50. The Morgan fingerprint density at radius 1 is 1.40 bits per heavy atom. The number of aliphatic hydroxyl groups is 1. The first-order valence-electron chi connectivity index (χ1n) is 4.77. The number of allylic oxidation sites excluding steroid dienone is 1. The average Bonchev–Trinajstić information content (AvgIpc) is 2.01. The third-order valence-electron chi connectivity index (χ3n) is 0.944. The first kappa shape index (κ1) is 16.4. The van der Waals surface area contributed by atoms with E-state index < -0.39 is 14.0 Å². The van der Waals surface area contributed by atoms with Gasteiger partial charge in [0.1, 0.15) is 8.07 Å². The van der Waals surface area contributed by atoms with Crippen LogP contribution in [-0.4, -0.2) is 30.9 Å². The Hall–Kier alpha value is -1.05. The predicted octanol–water partition coefficient (Wildman–Crippen LogP) is 1.90. The highest BCUT2D eigenvalue weighted by molar-refractivity contribution is 6.83. The van der Waals surface area contributed by atoms with Crippen molar-refractivity contribution >= 4 is 14.0 Å². The van der Waals surface area contributed by atoms with Crippen LogP contribution in [-0.2, 0) is 4.79 Å². The van der Waals surface area contributed by atoms with Gasteiger partial charge in [0.25, 0.3) is 5.97 Å². The summed E-state index contributed by atoms with van der Waals surface area (Å²) in [5.74, 6) is 2.15. The third kappa shape index (κ3) is 32.1. The third-order valence-corrected chi connectivity index (χ3v) is 1.84. The Morgan fingerprint density at radius 2 is 1.87 bits per heavy atom. The summed E-state index contributed by atoms with van der Waals surface area (Å²) in [5, 5.41) is 15.9. The van der Waals surface area contributed by atoms with Crippen LogP contribution in [0, 0.1) is 11.5 Å². The van der Waals surface area contributed by atoms with Crippen molar-refractivity contribution in [2.24, 2.45) is 0 Å². The predicted molar refractivity (Wildman–Crippen MR) is 65.3 cm³/mol. The molecule has 86 valence electrons. The van der Waals surface area contributed by atoms with Gasteiger partial charge in [-0.05, 0) is 12.5 Å². The van der Waals surface area contributed by atoms with E-state index in [1.54, 1.807) is 0 Å². The summed E-state index contributed by atoms with van der Waals surface area (Å²) in [6.45, 7) is 7.92. The van der Waals surface area contributed by atoms with E-state index in [0.717, 1.165) is 6.92 Å². The molecule has 0 atom stereocenters. The van der Waals surface area contributed by atoms with E-state index in [9.17, 15) is 0 Å². The van der Waals surface area contributed by atoms with E-state index in [-0.39, 0.29) is 6.61 Å². The van der Waals surface area contributed by atoms with Gasteiger partial charge in [0.05, 0.1) is 0 Å². The lowest BCUT2D eigenvalue weighted by atomic mass is 10.4. The van der Waals surface area contributed by atoms with Gasteiger partial charge in [0.15, 0.2) is 0 Å². The van der Waals surface area contributed by atoms with Crippen LogP contribution in [0.5, 0.6) is 0 Å². The van der Waals surface area contributed by atoms with Crippen molar-refractivity contribution in [1.82, 2.24) is 0 Å². The smallest absolute Gasteiger partial charge is 0.300 e. The van der Waals surface area contributed by atoms with Crippen molar-refractivity contribution in [2.75, 3.05) is 6.61 Å². The number of carbonyl (C=O) groups is 1. The van der Waals surface area contributed by atoms with Crippen LogP contribution in [0.25, 0.3) is 0 Å². The molecule has 0 aliphatic carbocycles. The van der Waals surface area contributed by atoms with Crippen molar-refractivity contribution in [3.05, 3.63) is 12.2 Å². The lowest BCUT2D eigenvalue weighted by molar-refractivity contribution is -0.134. The van der Waals surface area contributed by atoms with E-state index >= 15 is 0 Å². The van der Waals surface area contributed by atoms with Crippen LogP contribution in [0.3, 0.4) is 0 Å². The van der Waals surface area contributed by atoms with Crippen molar-refractivity contribution in [3.63, 3.8) is 0 Å². The highest BCUT2D eigenvalue weighted by Gasteiger charge is 2.06. The van der Waals surface area contributed by atoms with Crippen LogP contribution in [0.15, 0.2) is 12.2 Å². The van der Waals surface area contributed by atoms with Gasteiger partial charge >= 0.3 is 0 Å². The molecular formula is C11H20O3Si. The normalized spacial score (nSPS) is 9.93. The van der Waals surface area contributed by atoms with Crippen molar-refractivity contribution < 1.29 is 15.0 Å². The lowest BCUT2D eigenvalue weighted by Crippen LogP contribution is -2.16. The number of aliphatic hydroxyl groups excluding tert-OH is 1. The van der Waals surface area contributed by atoms with Crippen molar-refractivity contribution in [1.29, 1.82) is 0 Å². The summed E-state index contributed by atoms with van der Waals surface area (Å²) in [6.07, 6.45) is 4.43. The monoisotopic (exact) mass is 228 g/mol. The number of carboxylic acid groups (broad SMARTS) is 1. The summed E-state index contributed by atoms with van der Waals surface area (Å²) in [4.78, 5) is 9.00. The van der Waals surface area contributed by atoms with Crippen LogP contribution >= 0.6 is 0 Å². The molecule has 15 heavy (non-hydrogen) atoms. The number of aliphatic carboxylic acids is 1. The van der Waals surface area contributed by atoms with Crippen LogP contribution in [0.1, 0.15) is 13.3 Å². The molecule has 0 amide bonds. The van der Waals surface area contributed by atoms with Crippen LogP contribution in [0.2, 0.25) is 19.6 Å². The molecular weight excluding hydrogens is 208 g/mol. The maximum atomic E-state index is 9.00. The first-order chi connectivity index (χ1) is 6.79. The SMILES string of the molecule is CC(=O)O.C[Si](C)(C)C#CC=CCCO. The average molecular weight is 228 g/mol. The van der Waals surface area contributed by atoms with Gasteiger partial charge < -0.3 is 10.2 Å². The Labute approximate surface area is 92.8 Å². The van der Waals surface area contributed by atoms with Crippen LogP contribution < -0.4 is 0 Å². The molecule has 0 aromatic carbocycles. The fourth-order valence-electron chi connectivity index (χ4n) is 0.475. The second-order valence-corrected chi connectivity index (χ2v) is 8.70. The zero-order chi connectivity index (χ0) is 12.3. The molecule has 0 aromatic rings. The summed E-state index contributed by atoms with van der Waals surface area (Å²) in [6, 6.07) is 0. The fraction of sp³-hybridized carbons (Fsp3) is 0.545. The number of hydrogen-bond acceptors (Lipinski definition) is 2. The number of carboxylic acids is 1. The summed E-state index contributed by atoms with van der Waals surface area (Å²) in [7, 11) is -1.19. The summed E-state index contributed by atoms with van der Waals surface area (Å²) < 4.78 is 0. The topological polar surface area (TPSA) is 57.5 Å². The van der Waals surface area contributed by atoms with Gasteiger partial charge in [-0.2, -0.15) is 0 Å². The lowest BCUT2D eigenvalue weighted by Gasteiger charge is -2.01. The molecule has 0 fully saturated rings. The number of rotatable bonds is 2. The maximum Gasteiger partial charge on any atom is 0.300 e. The van der Waals surface area contributed by atoms with Gasteiger partial charge in [-0.25, -0.2) is 0 Å². The molecule has 0 saturated heterocycles. The number of hydrogen-bond donors (Lipinski definition) is 2. The van der Waals surface area contributed by atoms with Crippen molar-refractivity contribution in [3.8, 4) is 11.5 Å². The molecule has 0 aliphatic heterocycles. The highest BCUT2D eigenvalue weighted by Crippen LogP contribution is 1.95. The van der Waals surface area contributed by atoms with Gasteiger partial charge in [0, 0.05) is 13.5 Å². The van der Waals surface area contributed by atoms with E-state index in [2.05, 4.69) is 31.1 Å². The zero-order valence-electron chi connectivity index (χ0n) is 9.87. The van der Waals surface area contributed by atoms with E-state index in [4.69, 9.17) is 15.0 Å². The largest absolute Gasteiger partial charge is 0.481 e. The molecule has 0 spiro atoms. The maximum absolute atomic E-state index is 9.00. The van der Waals surface area contributed by atoms with Crippen LogP contribution in [0.4, 0.5) is 0 Å². The molecule has 0 rings (SSSR count). The Bertz CT molecular complexity index is 249. The molecule has 0 unspecified atom stereocenters. The minimum absolute atomic E-state index is 0.213. The molecule has 3 nitrogen and oxygen atoms in total. The first-order valence-corrected chi connectivity index (χ1v) is 8.27. The second-order valence-electron chi connectivity index (χ2n) is 3.95. The van der Waals surface area contributed by atoms with Gasteiger partial charge in [-0.15, -0.1) is 5.54 Å². The fourth-order valence-corrected chi connectivity index (χ4v) is 0.991. The highest BCUT2D eigenvalue weighted by atomic mass is 28.3. The molecule has 0 aromatic heterocycles. The molecule has 0 bridgehead atoms. The summed E-state index contributed by atoms with van der Waals surface area (Å²) in [5.41, 5.74) is 3.20. The summed E-state index contributed by atoms with van der Waals surface area (Å²) >= 11 is 0.